The number of fused-ring (bicyclic) bond motifs is 3. The molecular weight excluding hydrogens is 353 g/mol. The summed E-state index contributed by atoms with van der Waals surface area (Å²) in [7, 11) is 0. The number of carbonyl (C=O) groups is 1. The third kappa shape index (κ3) is 3.21. The van der Waals surface area contributed by atoms with E-state index in [0.717, 1.165) is 21.8 Å². The Morgan fingerprint density at radius 2 is 2.08 bits per heavy atom. The molecule has 1 aromatic heterocycles. The van der Waals surface area contributed by atoms with Crippen LogP contribution >= 0.6 is 11.3 Å². The van der Waals surface area contributed by atoms with Crippen LogP contribution < -0.4 is 10.1 Å². The van der Waals surface area contributed by atoms with Gasteiger partial charge in [0.2, 0.25) is 0 Å². The number of hydrogen-bond acceptors (Lipinski definition) is 4. The lowest BCUT2D eigenvalue weighted by Gasteiger charge is -2.16. The highest BCUT2D eigenvalue weighted by atomic mass is 32.1. The maximum Gasteiger partial charge on any atom is 0.261 e. The van der Waals surface area contributed by atoms with Crippen LogP contribution in [0.25, 0.3) is 10.4 Å². The molecule has 26 heavy (non-hydrogen) atoms. The Balaban J connectivity index is 1.48. The summed E-state index contributed by atoms with van der Waals surface area (Å²) in [6, 6.07) is 15.3. The van der Waals surface area contributed by atoms with Crippen LogP contribution in [0.15, 0.2) is 54.6 Å². The van der Waals surface area contributed by atoms with Gasteiger partial charge in [0, 0.05) is 22.5 Å². The molecule has 6 heteroatoms. The highest BCUT2D eigenvalue weighted by Crippen LogP contribution is 2.42. The average Bonchev–Trinajstić information content (AvgIpc) is 3.11. The van der Waals surface area contributed by atoms with Crippen molar-refractivity contribution in [1.29, 1.82) is 0 Å². The molecule has 2 heterocycles. The molecule has 0 aliphatic carbocycles. The van der Waals surface area contributed by atoms with Crippen molar-refractivity contribution in [2.75, 3.05) is 6.54 Å². The predicted molar refractivity (Wildman–Crippen MR) is 97.8 cm³/mol. The van der Waals surface area contributed by atoms with Crippen molar-refractivity contribution in [2.45, 2.75) is 12.7 Å². The first-order chi connectivity index (χ1) is 12.6. The molecule has 132 valence electrons. The zero-order valence-electron chi connectivity index (χ0n) is 13.7. The number of amides is 1. The van der Waals surface area contributed by atoms with Gasteiger partial charge in [0.05, 0.1) is 11.0 Å². The summed E-state index contributed by atoms with van der Waals surface area (Å²) >= 11 is 1.40. The summed E-state index contributed by atoms with van der Waals surface area (Å²) in [5.41, 5.74) is 2.39. The molecule has 4 nitrogen and oxygen atoms in total. The quantitative estimate of drug-likeness (QED) is 0.733. The van der Waals surface area contributed by atoms with Crippen LogP contribution in [0.4, 0.5) is 4.39 Å². The molecule has 0 saturated heterocycles. The maximum absolute atomic E-state index is 13.2. The molecule has 1 unspecified atom stereocenters. The fourth-order valence-corrected chi connectivity index (χ4v) is 4.03. The van der Waals surface area contributed by atoms with Gasteiger partial charge in [-0.25, -0.2) is 4.39 Å². The Morgan fingerprint density at radius 1 is 1.23 bits per heavy atom. The van der Waals surface area contributed by atoms with Crippen molar-refractivity contribution in [2.24, 2.45) is 0 Å². The van der Waals surface area contributed by atoms with Gasteiger partial charge in [0.25, 0.3) is 5.91 Å². The minimum atomic E-state index is -0.965. The molecule has 0 fully saturated rings. The van der Waals surface area contributed by atoms with Gasteiger partial charge in [0.15, 0.2) is 0 Å². The summed E-state index contributed by atoms with van der Waals surface area (Å²) in [6.45, 7) is 0.444. The van der Waals surface area contributed by atoms with Crippen LogP contribution in [0.5, 0.6) is 5.75 Å². The van der Waals surface area contributed by atoms with Crippen LogP contribution in [0.1, 0.15) is 26.9 Å². The van der Waals surface area contributed by atoms with Crippen LogP contribution in [-0.2, 0) is 6.61 Å². The minimum absolute atomic E-state index is 0.0118. The fourth-order valence-electron chi connectivity index (χ4n) is 2.92. The van der Waals surface area contributed by atoms with E-state index in [0.29, 0.717) is 17.0 Å². The molecule has 0 bridgehead atoms. The number of benzene rings is 2. The fraction of sp³-hybridized carbons (Fsp3) is 0.150. The molecule has 4 rings (SSSR count). The second-order valence-corrected chi connectivity index (χ2v) is 7.08. The smallest absolute Gasteiger partial charge is 0.261 e. The monoisotopic (exact) mass is 369 g/mol. The standard InChI is InChI=1S/C20H16FNO3S/c21-14-5-3-4-12(8-14)16(23)10-22-20(24)18-9-13-11-25-17-7-2-1-6-15(17)19(13)26-18/h1-9,16,23H,10-11H2,(H,22,24). The Bertz CT molecular complexity index is 969. The van der Waals surface area contributed by atoms with E-state index in [9.17, 15) is 14.3 Å². The molecule has 1 atom stereocenters. The van der Waals surface area contributed by atoms with Gasteiger partial charge in [-0.2, -0.15) is 0 Å². The molecule has 1 aliphatic rings. The predicted octanol–water partition coefficient (Wildman–Crippen LogP) is 3.91. The van der Waals surface area contributed by atoms with Crippen LogP contribution in [0.3, 0.4) is 0 Å². The summed E-state index contributed by atoms with van der Waals surface area (Å²) in [5, 5.41) is 12.8. The van der Waals surface area contributed by atoms with E-state index >= 15 is 0 Å². The molecule has 0 spiro atoms. The summed E-state index contributed by atoms with van der Waals surface area (Å²) in [6.07, 6.45) is -0.965. The Hall–Kier alpha value is -2.70. The number of nitrogens with one attached hydrogen (secondary N) is 1. The molecule has 0 saturated carbocycles. The number of rotatable bonds is 4. The van der Waals surface area contributed by atoms with Crippen LogP contribution in [-0.4, -0.2) is 17.6 Å². The van der Waals surface area contributed by atoms with E-state index in [4.69, 9.17) is 4.74 Å². The Kier molecular flexibility index (Phi) is 4.44. The van der Waals surface area contributed by atoms with Crippen molar-refractivity contribution in [3.05, 3.63) is 76.4 Å². The van der Waals surface area contributed by atoms with E-state index < -0.39 is 11.9 Å². The van der Waals surface area contributed by atoms with Gasteiger partial charge < -0.3 is 15.2 Å². The first-order valence-electron chi connectivity index (χ1n) is 8.18. The van der Waals surface area contributed by atoms with E-state index in [1.165, 1.54) is 29.5 Å². The number of aliphatic hydroxyl groups is 1. The first kappa shape index (κ1) is 16.8. The number of thiophene rings is 1. The highest BCUT2D eigenvalue weighted by Gasteiger charge is 2.22. The summed E-state index contributed by atoms with van der Waals surface area (Å²) in [4.78, 5) is 14.0. The first-order valence-corrected chi connectivity index (χ1v) is 9.00. The second-order valence-electron chi connectivity index (χ2n) is 6.03. The normalized spacial score (nSPS) is 13.3. The van der Waals surface area contributed by atoms with Gasteiger partial charge in [-0.1, -0.05) is 24.3 Å². The zero-order valence-corrected chi connectivity index (χ0v) is 14.6. The number of carbonyl (C=O) groups excluding carboxylic acids is 1. The molecule has 0 radical (unpaired) electrons. The largest absolute Gasteiger partial charge is 0.488 e. The number of hydrogen-bond donors (Lipinski definition) is 2. The van der Waals surface area contributed by atoms with E-state index in [1.54, 1.807) is 6.07 Å². The van der Waals surface area contributed by atoms with Gasteiger partial charge in [-0.15, -0.1) is 11.3 Å². The van der Waals surface area contributed by atoms with E-state index in [1.807, 2.05) is 30.3 Å². The van der Waals surface area contributed by atoms with Crippen molar-refractivity contribution >= 4 is 17.2 Å². The van der Waals surface area contributed by atoms with Gasteiger partial charge in [0.1, 0.15) is 18.2 Å². The molecule has 1 aliphatic heterocycles. The Labute approximate surface area is 153 Å². The van der Waals surface area contributed by atoms with Gasteiger partial charge in [-0.3, -0.25) is 4.79 Å². The van der Waals surface area contributed by atoms with Gasteiger partial charge >= 0.3 is 0 Å². The Morgan fingerprint density at radius 3 is 2.92 bits per heavy atom. The van der Waals surface area contributed by atoms with Crippen molar-refractivity contribution in [1.82, 2.24) is 5.32 Å². The lowest BCUT2D eigenvalue weighted by molar-refractivity contribution is 0.0920. The minimum Gasteiger partial charge on any atom is -0.488 e. The maximum atomic E-state index is 13.2. The van der Waals surface area contributed by atoms with Gasteiger partial charge in [-0.05, 0) is 35.9 Å². The number of aliphatic hydroxyl groups excluding tert-OH is 1. The number of ether oxygens (including phenoxy) is 1. The highest BCUT2D eigenvalue weighted by molar-refractivity contribution is 7.17. The third-order valence-electron chi connectivity index (χ3n) is 4.24. The lowest BCUT2D eigenvalue weighted by Crippen LogP contribution is -2.27. The van der Waals surface area contributed by atoms with Crippen molar-refractivity contribution in [3.63, 3.8) is 0 Å². The average molecular weight is 369 g/mol. The molecule has 2 N–H and O–H groups in total. The van der Waals surface area contributed by atoms with Crippen molar-refractivity contribution in [3.8, 4) is 16.2 Å². The SMILES string of the molecule is O=C(NCC(O)c1cccc(F)c1)c1cc2c(s1)-c1ccccc1OC2. The molecule has 2 aromatic carbocycles. The van der Waals surface area contributed by atoms with Crippen molar-refractivity contribution < 1.29 is 19.0 Å². The van der Waals surface area contributed by atoms with Crippen LogP contribution in [0.2, 0.25) is 0 Å². The van der Waals surface area contributed by atoms with E-state index in [2.05, 4.69) is 5.32 Å². The number of para-hydroxylation sites is 1. The second kappa shape index (κ2) is 6.90. The molecule has 3 aromatic rings. The van der Waals surface area contributed by atoms with Crippen LogP contribution in [0, 0.1) is 5.82 Å². The molecular formula is C20H16FNO3S. The molecule has 1 amide bonds. The summed E-state index contributed by atoms with van der Waals surface area (Å²) < 4.78 is 18.9. The zero-order chi connectivity index (χ0) is 18.1. The lowest BCUT2D eigenvalue weighted by atomic mass is 10.1. The van der Waals surface area contributed by atoms with E-state index in [-0.39, 0.29) is 12.5 Å². The summed E-state index contributed by atoms with van der Waals surface area (Å²) in [5.74, 6) is 0.130. The number of halogens is 1. The third-order valence-corrected chi connectivity index (χ3v) is 5.45. The topological polar surface area (TPSA) is 58.6 Å².